The van der Waals surface area contributed by atoms with Crippen molar-refractivity contribution >= 4 is 11.8 Å². The Morgan fingerprint density at radius 2 is 2.00 bits per heavy atom. The molecule has 1 N–H and O–H groups in total. The van der Waals surface area contributed by atoms with Crippen LogP contribution in [0.3, 0.4) is 0 Å². The molecule has 0 fully saturated rings. The summed E-state index contributed by atoms with van der Waals surface area (Å²) in [6.07, 6.45) is -0.162. The number of hydrogen-bond donors (Lipinski definition) is 1. The Kier molecular flexibility index (Phi) is 4.05. The number of methoxy groups -OCH3 is 1. The molecule has 0 aliphatic rings. The van der Waals surface area contributed by atoms with E-state index in [0.29, 0.717) is 11.3 Å². The van der Waals surface area contributed by atoms with Crippen LogP contribution in [0.5, 0.6) is 5.75 Å². The molecule has 0 aliphatic carbocycles. The van der Waals surface area contributed by atoms with Gasteiger partial charge in [-0.15, -0.1) is 0 Å². The third-order valence-electron chi connectivity index (χ3n) is 2.22. The second kappa shape index (κ2) is 5.30. The molecule has 0 saturated carbocycles. The van der Waals surface area contributed by atoms with Crippen LogP contribution in [0.2, 0.25) is 0 Å². The molecule has 86 valence electrons. The zero-order valence-corrected chi connectivity index (χ0v) is 9.32. The van der Waals surface area contributed by atoms with Gasteiger partial charge in [0.2, 0.25) is 0 Å². The third kappa shape index (κ3) is 3.08. The number of benzene rings is 1. The summed E-state index contributed by atoms with van der Waals surface area (Å²) < 4.78 is 5.06. The van der Waals surface area contributed by atoms with E-state index in [-0.39, 0.29) is 18.6 Å². The van der Waals surface area contributed by atoms with E-state index in [9.17, 15) is 9.59 Å². The van der Waals surface area contributed by atoms with Crippen molar-refractivity contribution in [3.8, 4) is 5.75 Å². The molecule has 0 aliphatic heterocycles. The minimum Gasteiger partial charge on any atom is -0.496 e. The average Bonchev–Trinajstić information content (AvgIpc) is 2.25. The summed E-state index contributed by atoms with van der Waals surface area (Å²) in [4.78, 5) is 22.1. The van der Waals surface area contributed by atoms with E-state index >= 15 is 0 Å². The van der Waals surface area contributed by atoms with Gasteiger partial charge in [0.1, 0.15) is 5.75 Å². The molecule has 0 amide bonds. The molecule has 1 rings (SSSR count). The normalized spacial score (nSPS) is 9.88. The van der Waals surface area contributed by atoms with Crippen molar-refractivity contribution in [2.75, 3.05) is 7.11 Å². The zero-order chi connectivity index (χ0) is 12.1. The Labute approximate surface area is 93.9 Å². The third-order valence-corrected chi connectivity index (χ3v) is 2.22. The van der Waals surface area contributed by atoms with Crippen LogP contribution >= 0.6 is 0 Å². The van der Waals surface area contributed by atoms with Crippen molar-refractivity contribution in [1.29, 1.82) is 0 Å². The van der Waals surface area contributed by atoms with Crippen LogP contribution in [-0.4, -0.2) is 24.0 Å². The highest BCUT2D eigenvalue weighted by Crippen LogP contribution is 2.21. The fraction of sp³-hybridized carbons (Fsp3) is 0.333. The van der Waals surface area contributed by atoms with Crippen molar-refractivity contribution in [1.82, 2.24) is 0 Å². The van der Waals surface area contributed by atoms with Gasteiger partial charge >= 0.3 is 5.97 Å². The van der Waals surface area contributed by atoms with Gasteiger partial charge in [-0.25, -0.2) is 0 Å². The van der Waals surface area contributed by atoms with Gasteiger partial charge in [0.25, 0.3) is 0 Å². The van der Waals surface area contributed by atoms with E-state index in [4.69, 9.17) is 9.84 Å². The summed E-state index contributed by atoms with van der Waals surface area (Å²) in [5.41, 5.74) is 1.39. The predicted molar refractivity (Wildman–Crippen MR) is 58.9 cm³/mol. The first kappa shape index (κ1) is 12.2. The first-order chi connectivity index (χ1) is 7.54. The van der Waals surface area contributed by atoms with Crippen LogP contribution in [0.25, 0.3) is 0 Å². The molecule has 0 heterocycles. The van der Waals surface area contributed by atoms with Crippen molar-refractivity contribution in [3.05, 3.63) is 29.3 Å². The largest absolute Gasteiger partial charge is 0.496 e. The zero-order valence-electron chi connectivity index (χ0n) is 9.32. The molecule has 0 saturated heterocycles. The number of carboxylic acids is 1. The van der Waals surface area contributed by atoms with Gasteiger partial charge in [-0.1, -0.05) is 11.6 Å². The van der Waals surface area contributed by atoms with Crippen molar-refractivity contribution in [3.63, 3.8) is 0 Å². The second-order valence-corrected chi connectivity index (χ2v) is 3.52. The number of ether oxygens (including phenoxy) is 1. The molecule has 0 aromatic heterocycles. The summed E-state index contributed by atoms with van der Waals surface area (Å²) in [6.45, 7) is 1.87. The summed E-state index contributed by atoms with van der Waals surface area (Å²) in [5.74, 6) is -0.691. The number of aryl methyl sites for hydroxylation is 1. The maximum Gasteiger partial charge on any atom is 0.303 e. The van der Waals surface area contributed by atoms with Crippen molar-refractivity contribution < 1.29 is 19.4 Å². The predicted octanol–water partition coefficient (Wildman–Crippen LogP) is 2.05. The summed E-state index contributed by atoms with van der Waals surface area (Å²) in [7, 11) is 1.48. The van der Waals surface area contributed by atoms with Crippen LogP contribution in [0.1, 0.15) is 28.8 Å². The first-order valence-corrected chi connectivity index (χ1v) is 4.94. The number of aliphatic carboxylic acids is 1. The van der Waals surface area contributed by atoms with Crippen molar-refractivity contribution in [2.45, 2.75) is 19.8 Å². The van der Waals surface area contributed by atoms with Crippen LogP contribution in [-0.2, 0) is 4.79 Å². The number of carbonyl (C=O) groups is 2. The molecule has 0 unspecified atom stereocenters. The SMILES string of the molecule is COc1ccc(C)cc1C(=O)CCC(=O)O. The Hall–Kier alpha value is -1.84. The van der Waals surface area contributed by atoms with Gasteiger partial charge < -0.3 is 9.84 Å². The molecule has 0 radical (unpaired) electrons. The summed E-state index contributed by atoms with van der Waals surface area (Å²) in [5, 5.41) is 8.51. The fourth-order valence-electron chi connectivity index (χ4n) is 1.39. The number of hydrogen-bond acceptors (Lipinski definition) is 3. The van der Waals surface area contributed by atoms with Gasteiger partial charge in [-0.2, -0.15) is 0 Å². The van der Waals surface area contributed by atoms with Crippen molar-refractivity contribution in [2.24, 2.45) is 0 Å². The molecule has 4 heteroatoms. The Balaban J connectivity index is 2.88. The van der Waals surface area contributed by atoms with E-state index in [1.165, 1.54) is 7.11 Å². The van der Waals surface area contributed by atoms with Crippen LogP contribution in [0.4, 0.5) is 0 Å². The lowest BCUT2D eigenvalue weighted by atomic mass is 10.0. The number of Topliss-reactive ketones (excluding diaryl/α,β-unsaturated/α-hetero) is 1. The lowest BCUT2D eigenvalue weighted by molar-refractivity contribution is -0.136. The molecule has 0 spiro atoms. The Morgan fingerprint density at radius 3 is 2.56 bits per heavy atom. The Bertz CT molecular complexity index is 409. The van der Waals surface area contributed by atoms with Gasteiger partial charge in [-0.05, 0) is 19.1 Å². The quantitative estimate of drug-likeness (QED) is 0.774. The molecule has 1 aromatic rings. The van der Waals surface area contributed by atoms with Gasteiger partial charge in [-0.3, -0.25) is 9.59 Å². The van der Waals surface area contributed by atoms with Gasteiger partial charge in [0, 0.05) is 6.42 Å². The van der Waals surface area contributed by atoms with E-state index in [1.54, 1.807) is 12.1 Å². The van der Waals surface area contributed by atoms with E-state index in [0.717, 1.165) is 5.56 Å². The van der Waals surface area contributed by atoms with E-state index < -0.39 is 5.97 Å². The molecule has 0 bridgehead atoms. The van der Waals surface area contributed by atoms with Gasteiger partial charge in [0.05, 0.1) is 19.1 Å². The van der Waals surface area contributed by atoms with E-state index in [1.807, 2.05) is 13.0 Å². The lowest BCUT2D eigenvalue weighted by Crippen LogP contribution is -2.06. The minimum atomic E-state index is -0.972. The Morgan fingerprint density at radius 1 is 1.31 bits per heavy atom. The highest BCUT2D eigenvalue weighted by atomic mass is 16.5. The summed E-state index contributed by atoms with van der Waals surface area (Å²) >= 11 is 0. The molecular formula is C12H14O4. The molecule has 4 nitrogen and oxygen atoms in total. The number of rotatable bonds is 5. The first-order valence-electron chi connectivity index (χ1n) is 4.94. The van der Waals surface area contributed by atoms with Crippen LogP contribution in [0.15, 0.2) is 18.2 Å². The second-order valence-electron chi connectivity index (χ2n) is 3.52. The highest BCUT2D eigenvalue weighted by Gasteiger charge is 2.13. The molecular weight excluding hydrogens is 208 g/mol. The minimum absolute atomic E-state index is 0.00481. The summed E-state index contributed by atoms with van der Waals surface area (Å²) in [6, 6.07) is 5.26. The molecule has 16 heavy (non-hydrogen) atoms. The highest BCUT2D eigenvalue weighted by molar-refractivity contribution is 6.00. The van der Waals surface area contributed by atoms with Gasteiger partial charge in [0.15, 0.2) is 5.78 Å². The topological polar surface area (TPSA) is 63.6 Å². The lowest BCUT2D eigenvalue weighted by Gasteiger charge is -2.07. The smallest absolute Gasteiger partial charge is 0.303 e. The molecule has 0 atom stereocenters. The number of carboxylic acid groups (broad SMARTS) is 1. The van der Waals surface area contributed by atoms with Crippen LogP contribution < -0.4 is 4.74 Å². The number of carbonyl (C=O) groups excluding carboxylic acids is 1. The molecule has 1 aromatic carbocycles. The number of ketones is 1. The average molecular weight is 222 g/mol. The maximum absolute atomic E-state index is 11.7. The monoisotopic (exact) mass is 222 g/mol. The fourth-order valence-corrected chi connectivity index (χ4v) is 1.39. The van der Waals surface area contributed by atoms with E-state index in [2.05, 4.69) is 0 Å². The standard InChI is InChI=1S/C12H14O4/c1-8-3-5-11(16-2)9(7-8)10(13)4-6-12(14)15/h3,5,7H,4,6H2,1-2H3,(H,14,15). The maximum atomic E-state index is 11.7. The van der Waals surface area contributed by atoms with Crippen LogP contribution in [0, 0.1) is 6.92 Å².